The lowest BCUT2D eigenvalue weighted by atomic mass is 10.2. The topological polar surface area (TPSA) is 74.7 Å². The Morgan fingerprint density at radius 1 is 1.39 bits per heavy atom. The Morgan fingerprint density at radius 3 is 2.50 bits per heavy atom. The van der Waals surface area contributed by atoms with Crippen LogP contribution in [-0.2, 0) is 14.8 Å². The minimum Gasteiger partial charge on any atom is -0.480 e. The predicted octanol–water partition coefficient (Wildman–Crippen LogP) is 1.21. The van der Waals surface area contributed by atoms with Crippen molar-refractivity contribution in [2.24, 2.45) is 0 Å². The molecule has 0 radical (unpaired) electrons. The molecule has 0 aromatic carbocycles. The fraction of sp³-hybridized carbons (Fsp3) is 0.889. The molecule has 106 valence electrons. The number of alkyl halides is 3. The Labute approximate surface area is 103 Å². The first-order valence-electron chi connectivity index (χ1n) is 5.42. The Bertz CT molecular complexity index is 407. The molecule has 1 fully saturated rings. The molecule has 0 amide bonds. The summed E-state index contributed by atoms with van der Waals surface area (Å²) < 4.78 is 60.0. The van der Waals surface area contributed by atoms with E-state index < -0.39 is 46.8 Å². The summed E-state index contributed by atoms with van der Waals surface area (Å²) in [6.45, 7) is 0.0608. The van der Waals surface area contributed by atoms with Crippen molar-refractivity contribution in [3.8, 4) is 0 Å². The van der Waals surface area contributed by atoms with Gasteiger partial charge in [0, 0.05) is 13.0 Å². The Hall–Kier alpha value is -0.830. The summed E-state index contributed by atoms with van der Waals surface area (Å²) in [5, 5.41) is 8.82. The molecular formula is C9H14F3NO4S. The summed E-state index contributed by atoms with van der Waals surface area (Å²) in [6.07, 6.45) is -5.51. The van der Waals surface area contributed by atoms with Crippen LogP contribution in [0.4, 0.5) is 13.2 Å². The SMILES string of the molecule is O=C(O)[C@@H]1CCCN1S(=O)(=O)CCCC(F)(F)F. The standard InChI is InChI=1S/C9H14F3NO4S/c10-9(11,12)4-2-6-18(16,17)13-5-1-3-7(13)8(14)15/h7H,1-6H2,(H,14,15)/t7-/m0/s1. The predicted molar refractivity (Wildman–Crippen MR) is 56.4 cm³/mol. The number of carboxylic acids is 1. The van der Waals surface area contributed by atoms with Gasteiger partial charge in [0.1, 0.15) is 6.04 Å². The molecule has 1 rings (SSSR count). The normalized spacial score (nSPS) is 22.3. The molecule has 1 heterocycles. The summed E-state index contributed by atoms with van der Waals surface area (Å²) in [4.78, 5) is 10.8. The lowest BCUT2D eigenvalue weighted by Crippen LogP contribution is -2.41. The number of sulfonamides is 1. The second-order valence-electron chi connectivity index (χ2n) is 4.14. The maximum Gasteiger partial charge on any atom is 0.389 e. The minimum absolute atomic E-state index is 0.0608. The van der Waals surface area contributed by atoms with E-state index in [9.17, 15) is 26.4 Å². The summed E-state index contributed by atoms with van der Waals surface area (Å²) >= 11 is 0. The maximum absolute atomic E-state index is 11.9. The maximum atomic E-state index is 11.9. The van der Waals surface area contributed by atoms with E-state index in [2.05, 4.69) is 0 Å². The fourth-order valence-electron chi connectivity index (χ4n) is 1.89. The summed E-state index contributed by atoms with van der Waals surface area (Å²) in [7, 11) is -3.92. The first kappa shape index (κ1) is 15.2. The zero-order valence-corrected chi connectivity index (χ0v) is 10.3. The van der Waals surface area contributed by atoms with Gasteiger partial charge in [-0.15, -0.1) is 0 Å². The van der Waals surface area contributed by atoms with Crippen molar-refractivity contribution in [1.29, 1.82) is 0 Å². The Balaban J connectivity index is 2.61. The van der Waals surface area contributed by atoms with Crippen LogP contribution in [0.25, 0.3) is 0 Å². The van der Waals surface area contributed by atoms with Gasteiger partial charge in [0.15, 0.2) is 0 Å². The van der Waals surface area contributed by atoms with Gasteiger partial charge in [-0.05, 0) is 19.3 Å². The fourth-order valence-corrected chi connectivity index (χ4v) is 3.63. The summed E-state index contributed by atoms with van der Waals surface area (Å²) in [5.41, 5.74) is 0. The number of carboxylic acid groups (broad SMARTS) is 1. The number of carbonyl (C=O) groups is 1. The second kappa shape index (κ2) is 5.43. The van der Waals surface area contributed by atoms with Crippen LogP contribution in [-0.4, -0.2) is 48.3 Å². The van der Waals surface area contributed by atoms with Gasteiger partial charge in [-0.1, -0.05) is 0 Å². The van der Waals surface area contributed by atoms with Crippen molar-refractivity contribution in [2.45, 2.75) is 37.9 Å². The van der Waals surface area contributed by atoms with E-state index in [0.717, 1.165) is 4.31 Å². The number of hydrogen-bond acceptors (Lipinski definition) is 3. The van der Waals surface area contributed by atoms with Crippen LogP contribution in [0, 0.1) is 0 Å². The zero-order chi connectivity index (χ0) is 14.0. The average Bonchev–Trinajstić information content (AvgIpc) is 2.63. The molecule has 5 nitrogen and oxygen atoms in total. The van der Waals surface area contributed by atoms with Crippen molar-refractivity contribution in [1.82, 2.24) is 4.31 Å². The molecule has 1 aliphatic rings. The van der Waals surface area contributed by atoms with E-state index in [4.69, 9.17) is 5.11 Å². The van der Waals surface area contributed by atoms with Gasteiger partial charge in [-0.25, -0.2) is 8.42 Å². The smallest absolute Gasteiger partial charge is 0.389 e. The van der Waals surface area contributed by atoms with Gasteiger partial charge >= 0.3 is 12.1 Å². The van der Waals surface area contributed by atoms with E-state index in [0.29, 0.717) is 6.42 Å². The van der Waals surface area contributed by atoms with E-state index >= 15 is 0 Å². The molecule has 0 spiro atoms. The lowest BCUT2D eigenvalue weighted by Gasteiger charge is -2.20. The van der Waals surface area contributed by atoms with Crippen molar-refractivity contribution in [3.05, 3.63) is 0 Å². The number of nitrogens with zero attached hydrogens (tertiary/aromatic N) is 1. The van der Waals surface area contributed by atoms with Crippen molar-refractivity contribution in [2.75, 3.05) is 12.3 Å². The number of halogens is 3. The van der Waals surface area contributed by atoms with Gasteiger partial charge in [-0.2, -0.15) is 17.5 Å². The van der Waals surface area contributed by atoms with Crippen LogP contribution in [0.15, 0.2) is 0 Å². The van der Waals surface area contributed by atoms with Gasteiger partial charge in [0.25, 0.3) is 0 Å². The third kappa shape index (κ3) is 4.13. The molecule has 1 N–H and O–H groups in total. The van der Waals surface area contributed by atoms with Gasteiger partial charge in [0.2, 0.25) is 10.0 Å². The molecule has 0 unspecified atom stereocenters. The van der Waals surface area contributed by atoms with Gasteiger partial charge in [0.05, 0.1) is 5.75 Å². The molecule has 0 aromatic rings. The van der Waals surface area contributed by atoms with Gasteiger partial charge in [-0.3, -0.25) is 4.79 Å². The highest BCUT2D eigenvalue weighted by Gasteiger charge is 2.38. The van der Waals surface area contributed by atoms with Crippen molar-refractivity contribution < 1.29 is 31.5 Å². The van der Waals surface area contributed by atoms with Crippen LogP contribution in [0.3, 0.4) is 0 Å². The third-order valence-electron chi connectivity index (χ3n) is 2.71. The molecule has 1 saturated heterocycles. The summed E-state index contributed by atoms with van der Waals surface area (Å²) in [6, 6.07) is -1.14. The lowest BCUT2D eigenvalue weighted by molar-refractivity contribution is -0.140. The molecule has 1 atom stereocenters. The third-order valence-corrected chi connectivity index (χ3v) is 4.66. The van der Waals surface area contributed by atoms with E-state index in [1.165, 1.54) is 0 Å². The first-order valence-corrected chi connectivity index (χ1v) is 7.03. The highest BCUT2D eigenvalue weighted by atomic mass is 32.2. The van der Waals surface area contributed by atoms with Gasteiger partial charge < -0.3 is 5.11 Å². The molecule has 0 aromatic heterocycles. The van der Waals surface area contributed by atoms with Crippen molar-refractivity contribution >= 4 is 16.0 Å². The van der Waals surface area contributed by atoms with Crippen LogP contribution < -0.4 is 0 Å². The molecule has 9 heteroatoms. The Kier molecular flexibility index (Phi) is 4.60. The number of aliphatic carboxylic acids is 1. The average molecular weight is 289 g/mol. The zero-order valence-electron chi connectivity index (χ0n) is 9.48. The van der Waals surface area contributed by atoms with Crippen LogP contribution in [0.1, 0.15) is 25.7 Å². The number of hydrogen-bond donors (Lipinski definition) is 1. The minimum atomic E-state index is -4.40. The van der Waals surface area contributed by atoms with E-state index in [1.54, 1.807) is 0 Å². The number of rotatable bonds is 5. The first-order chi connectivity index (χ1) is 8.13. The monoisotopic (exact) mass is 289 g/mol. The van der Waals surface area contributed by atoms with Crippen LogP contribution in [0.5, 0.6) is 0 Å². The quantitative estimate of drug-likeness (QED) is 0.825. The molecule has 18 heavy (non-hydrogen) atoms. The highest BCUT2D eigenvalue weighted by molar-refractivity contribution is 7.89. The van der Waals surface area contributed by atoms with E-state index in [-0.39, 0.29) is 13.0 Å². The second-order valence-corrected chi connectivity index (χ2v) is 6.18. The molecule has 0 bridgehead atoms. The summed E-state index contributed by atoms with van der Waals surface area (Å²) in [5.74, 6) is -1.93. The van der Waals surface area contributed by atoms with E-state index in [1.807, 2.05) is 0 Å². The largest absolute Gasteiger partial charge is 0.480 e. The molecule has 1 aliphatic heterocycles. The Morgan fingerprint density at radius 2 is 2.00 bits per heavy atom. The molecular weight excluding hydrogens is 275 g/mol. The molecule has 0 aliphatic carbocycles. The van der Waals surface area contributed by atoms with Crippen LogP contribution >= 0.6 is 0 Å². The molecule has 0 saturated carbocycles. The van der Waals surface area contributed by atoms with Crippen LogP contribution in [0.2, 0.25) is 0 Å². The van der Waals surface area contributed by atoms with Crippen molar-refractivity contribution in [3.63, 3.8) is 0 Å². The highest BCUT2D eigenvalue weighted by Crippen LogP contribution is 2.25.